The first-order chi connectivity index (χ1) is 14.2. The smallest absolute Gasteiger partial charge is 0.191 e. The monoisotopic (exact) mass is 397 g/mol. The summed E-state index contributed by atoms with van der Waals surface area (Å²) < 4.78 is 5.57. The van der Waals surface area contributed by atoms with Gasteiger partial charge < -0.3 is 15.1 Å². The minimum atomic E-state index is 0.151. The molecular weight excluding hydrogens is 362 g/mol. The van der Waals surface area contributed by atoms with Gasteiger partial charge in [-0.3, -0.25) is 14.8 Å². The van der Waals surface area contributed by atoms with Gasteiger partial charge in [0.05, 0.1) is 12.3 Å². The summed E-state index contributed by atoms with van der Waals surface area (Å²) in [6.07, 6.45) is 5.77. The highest BCUT2D eigenvalue weighted by molar-refractivity contribution is 5.79. The van der Waals surface area contributed by atoms with Crippen LogP contribution in [0.25, 0.3) is 0 Å². The summed E-state index contributed by atoms with van der Waals surface area (Å²) >= 11 is 0. The molecule has 1 saturated heterocycles. The van der Waals surface area contributed by atoms with E-state index >= 15 is 0 Å². The van der Waals surface area contributed by atoms with Crippen LogP contribution in [0, 0.1) is 0 Å². The van der Waals surface area contributed by atoms with E-state index in [1.54, 1.807) is 13.3 Å². The van der Waals surface area contributed by atoms with Gasteiger partial charge in [0, 0.05) is 26.7 Å². The van der Waals surface area contributed by atoms with E-state index in [4.69, 9.17) is 4.42 Å². The molecule has 2 heterocycles. The zero-order valence-corrected chi connectivity index (χ0v) is 18.0. The molecule has 1 unspecified atom stereocenters. The predicted octanol–water partition coefficient (Wildman–Crippen LogP) is 3.23. The molecule has 6 nitrogen and oxygen atoms in total. The maximum Gasteiger partial charge on any atom is 0.191 e. The molecule has 0 radical (unpaired) electrons. The molecule has 1 atom stereocenters. The van der Waals surface area contributed by atoms with Crippen LogP contribution in [0.5, 0.6) is 0 Å². The number of guanidine groups is 1. The highest BCUT2D eigenvalue weighted by atomic mass is 16.3. The van der Waals surface area contributed by atoms with Gasteiger partial charge in [-0.05, 0) is 63.3 Å². The number of nitrogens with one attached hydrogen (secondary N) is 2. The lowest BCUT2D eigenvalue weighted by atomic mass is 10.1. The molecule has 0 bridgehead atoms. The van der Waals surface area contributed by atoms with Crippen molar-refractivity contribution in [3.8, 4) is 0 Å². The van der Waals surface area contributed by atoms with Crippen molar-refractivity contribution >= 4 is 5.96 Å². The van der Waals surface area contributed by atoms with Crippen molar-refractivity contribution in [2.45, 2.75) is 38.4 Å². The number of likely N-dealkylation sites (N-methyl/N-ethyl adjacent to an activating group) is 1. The van der Waals surface area contributed by atoms with Crippen molar-refractivity contribution in [1.29, 1.82) is 0 Å². The van der Waals surface area contributed by atoms with Crippen LogP contribution in [0.4, 0.5) is 0 Å². The Labute approximate surface area is 175 Å². The van der Waals surface area contributed by atoms with Crippen molar-refractivity contribution in [1.82, 2.24) is 20.4 Å². The third kappa shape index (κ3) is 6.61. The number of hydrogen-bond donors (Lipinski definition) is 2. The summed E-state index contributed by atoms with van der Waals surface area (Å²) in [6, 6.07) is 13.0. The van der Waals surface area contributed by atoms with E-state index in [1.807, 2.05) is 12.1 Å². The van der Waals surface area contributed by atoms with Gasteiger partial charge in [0.15, 0.2) is 5.96 Å². The zero-order chi connectivity index (χ0) is 20.5. The van der Waals surface area contributed by atoms with Crippen LogP contribution >= 0.6 is 0 Å². The van der Waals surface area contributed by atoms with Crippen molar-refractivity contribution in [2.75, 3.05) is 40.8 Å². The third-order valence-corrected chi connectivity index (χ3v) is 5.52. The second-order valence-corrected chi connectivity index (χ2v) is 7.95. The Morgan fingerprint density at radius 3 is 2.41 bits per heavy atom. The summed E-state index contributed by atoms with van der Waals surface area (Å²) in [5.41, 5.74) is 2.65. The minimum Gasteiger partial charge on any atom is -0.468 e. The number of rotatable bonds is 8. The Balaban J connectivity index is 1.46. The highest BCUT2D eigenvalue weighted by Crippen LogP contribution is 2.17. The van der Waals surface area contributed by atoms with Crippen molar-refractivity contribution < 1.29 is 4.42 Å². The fourth-order valence-corrected chi connectivity index (χ4v) is 3.76. The number of hydrogen-bond acceptors (Lipinski definition) is 4. The number of benzene rings is 1. The van der Waals surface area contributed by atoms with Crippen LogP contribution < -0.4 is 10.6 Å². The molecule has 0 aliphatic carbocycles. The van der Waals surface area contributed by atoms with Crippen molar-refractivity contribution in [2.24, 2.45) is 4.99 Å². The first-order valence-corrected chi connectivity index (χ1v) is 10.6. The molecule has 29 heavy (non-hydrogen) atoms. The average molecular weight is 398 g/mol. The van der Waals surface area contributed by atoms with E-state index in [1.165, 1.54) is 43.5 Å². The van der Waals surface area contributed by atoms with E-state index in [0.717, 1.165) is 31.4 Å². The molecule has 0 amide bonds. The van der Waals surface area contributed by atoms with Crippen LogP contribution in [0.15, 0.2) is 52.1 Å². The molecule has 1 aliphatic rings. The standard InChI is InChI=1S/C23H35N5O/c1-24-23(26-17-21(27(2)3)22-8-7-15-29-22)25-16-19-9-11-20(12-10-19)18-28-13-5-4-6-14-28/h7-12,15,21H,4-6,13-14,16-18H2,1-3H3,(H2,24,25,26). The molecule has 1 fully saturated rings. The number of piperidine rings is 1. The van der Waals surface area contributed by atoms with Gasteiger partial charge in [0.2, 0.25) is 0 Å². The van der Waals surface area contributed by atoms with Gasteiger partial charge in [0.25, 0.3) is 0 Å². The molecule has 2 aromatic rings. The van der Waals surface area contributed by atoms with E-state index in [2.05, 4.69) is 63.8 Å². The molecule has 1 aliphatic heterocycles. The van der Waals surface area contributed by atoms with E-state index < -0.39 is 0 Å². The van der Waals surface area contributed by atoms with Gasteiger partial charge in [0.1, 0.15) is 5.76 Å². The first-order valence-electron chi connectivity index (χ1n) is 10.6. The number of nitrogens with zero attached hydrogens (tertiary/aromatic N) is 3. The van der Waals surface area contributed by atoms with Crippen LogP contribution in [-0.4, -0.2) is 56.5 Å². The summed E-state index contributed by atoms with van der Waals surface area (Å²) in [4.78, 5) is 9.05. The Kier molecular flexibility index (Phi) is 8.14. The minimum absolute atomic E-state index is 0.151. The highest BCUT2D eigenvalue weighted by Gasteiger charge is 2.17. The number of aliphatic imine (C=N–C) groups is 1. The topological polar surface area (TPSA) is 56.0 Å². The lowest BCUT2D eigenvalue weighted by Crippen LogP contribution is -2.41. The molecule has 1 aromatic heterocycles. The van der Waals surface area contributed by atoms with E-state index in [9.17, 15) is 0 Å². The Morgan fingerprint density at radius 2 is 1.79 bits per heavy atom. The lowest BCUT2D eigenvalue weighted by molar-refractivity contribution is 0.221. The Bertz CT molecular complexity index is 733. The SMILES string of the molecule is CN=C(NCc1ccc(CN2CCCCC2)cc1)NCC(c1ccco1)N(C)C. The van der Waals surface area contributed by atoms with Gasteiger partial charge in [-0.25, -0.2) is 0 Å². The third-order valence-electron chi connectivity index (χ3n) is 5.52. The zero-order valence-electron chi connectivity index (χ0n) is 18.0. The fourth-order valence-electron chi connectivity index (χ4n) is 3.76. The molecular formula is C23H35N5O. The molecule has 0 saturated carbocycles. The summed E-state index contributed by atoms with van der Waals surface area (Å²) in [5.74, 6) is 1.74. The first kappa shape index (κ1) is 21.4. The van der Waals surface area contributed by atoms with Gasteiger partial charge in [-0.1, -0.05) is 30.7 Å². The summed E-state index contributed by atoms with van der Waals surface area (Å²) in [5, 5.41) is 6.81. The van der Waals surface area contributed by atoms with Gasteiger partial charge in [-0.15, -0.1) is 0 Å². The van der Waals surface area contributed by atoms with Crippen molar-refractivity contribution in [3.05, 3.63) is 59.5 Å². The van der Waals surface area contributed by atoms with E-state index in [-0.39, 0.29) is 6.04 Å². The average Bonchev–Trinajstić information content (AvgIpc) is 3.26. The summed E-state index contributed by atoms with van der Waals surface area (Å²) in [7, 11) is 5.90. The number of furan rings is 1. The van der Waals surface area contributed by atoms with Crippen LogP contribution in [0.3, 0.4) is 0 Å². The fraction of sp³-hybridized carbons (Fsp3) is 0.522. The molecule has 0 spiro atoms. The second kappa shape index (κ2) is 11.0. The van der Waals surface area contributed by atoms with E-state index in [0.29, 0.717) is 0 Å². The maximum absolute atomic E-state index is 5.57. The predicted molar refractivity (Wildman–Crippen MR) is 119 cm³/mol. The molecule has 1 aromatic carbocycles. The lowest BCUT2D eigenvalue weighted by Gasteiger charge is -2.26. The van der Waals surface area contributed by atoms with Gasteiger partial charge >= 0.3 is 0 Å². The van der Waals surface area contributed by atoms with Crippen LogP contribution in [0.2, 0.25) is 0 Å². The Hall–Kier alpha value is -2.31. The normalized spacial score (nSPS) is 16.8. The van der Waals surface area contributed by atoms with Crippen LogP contribution in [-0.2, 0) is 13.1 Å². The molecule has 2 N–H and O–H groups in total. The Morgan fingerprint density at radius 1 is 1.07 bits per heavy atom. The second-order valence-electron chi connectivity index (χ2n) is 7.95. The van der Waals surface area contributed by atoms with Crippen LogP contribution in [0.1, 0.15) is 42.2 Å². The molecule has 3 rings (SSSR count). The molecule has 158 valence electrons. The van der Waals surface area contributed by atoms with Gasteiger partial charge in [-0.2, -0.15) is 0 Å². The summed E-state index contributed by atoms with van der Waals surface area (Å²) in [6.45, 7) is 5.00. The molecule has 6 heteroatoms. The quantitative estimate of drug-likeness (QED) is 0.529. The largest absolute Gasteiger partial charge is 0.468 e. The maximum atomic E-state index is 5.57. The van der Waals surface area contributed by atoms with Crippen molar-refractivity contribution in [3.63, 3.8) is 0 Å². The number of likely N-dealkylation sites (tertiary alicyclic amines) is 1.